The topological polar surface area (TPSA) is 29.5 Å². The van der Waals surface area contributed by atoms with E-state index in [2.05, 4.69) is 6.92 Å². The number of allylic oxidation sites excluding steroid dienone is 1. The van der Waals surface area contributed by atoms with Gasteiger partial charge in [-0.1, -0.05) is 51.2 Å². The largest absolute Gasteiger partial charge is 0.446 e. The SMILES string of the molecule is CCCCCCCC1C(=O)/C(=C\c2ccc(N(C)C)cc2)OC1=S. The number of ketones is 1. The molecule has 1 fully saturated rings. The third-order valence-electron chi connectivity index (χ3n) is 4.36. The van der Waals surface area contributed by atoms with Crippen molar-refractivity contribution in [2.24, 2.45) is 5.92 Å². The van der Waals surface area contributed by atoms with Crippen LogP contribution in [-0.4, -0.2) is 24.9 Å². The van der Waals surface area contributed by atoms with Crippen molar-refractivity contribution >= 4 is 34.8 Å². The minimum atomic E-state index is -0.242. The van der Waals surface area contributed by atoms with Gasteiger partial charge in [0.05, 0.1) is 5.92 Å². The van der Waals surface area contributed by atoms with Crippen LogP contribution in [0.2, 0.25) is 0 Å². The summed E-state index contributed by atoms with van der Waals surface area (Å²) in [4.78, 5) is 14.6. The highest BCUT2D eigenvalue weighted by Gasteiger charge is 2.36. The van der Waals surface area contributed by atoms with Crippen LogP contribution in [0.4, 0.5) is 5.69 Å². The van der Waals surface area contributed by atoms with Gasteiger partial charge in [-0.2, -0.15) is 0 Å². The first-order valence-electron chi connectivity index (χ1n) is 8.78. The van der Waals surface area contributed by atoms with E-state index in [0.29, 0.717) is 10.8 Å². The number of rotatable bonds is 8. The Morgan fingerprint density at radius 1 is 1.12 bits per heavy atom. The quantitative estimate of drug-likeness (QED) is 0.377. The van der Waals surface area contributed by atoms with Crippen LogP contribution < -0.4 is 4.90 Å². The second kappa shape index (κ2) is 8.97. The summed E-state index contributed by atoms with van der Waals surface area (Å²) < 4.78 is 5.58. The van der Waals surface area contributed by atoms with Crippen molar-refractivity contribution in [1.29, 1.82) is 0 Å². The number of Topliss-reactive ketones (excluding diaryl/α,β-unsaturated/α-hetero) is 1. The van der Waals surface area contributed by atoms with E-state index in [-0.39, 0.29) is 11.7 Å². The molecule has 0 aromatic heterocycles. The molecule has 4 heteroatoms. The van der Waals surface area contributed by atoms with Crippen molar-refractivity contribution in [2.75, 3.05) is 19.0 Å². The van der Waals surface area contributed by atoms with Crippen molar-refractivity contribution in [3.05, 3.63) is 35.6 Å². The van der Waals surface area contributed by atoms with Gasteiger partial charge in [-0.25, -0.2) is 0 Å². The molecular weight excluding hydrogens is 318 g/mol. The number of hydrogen-bond acceptors (Lipinski definition) is 4. The van der Waals surface area contributed by atoms with Gasteiger partial charge in [-0.3, -0.25) is 4.79 Å². The van der Waals surface area contributed by atoms with E-state index in [0.717, 1.165) is 30.5 Å². The first-order chi connectivity index (χ1) is 11.5. The minimum Gasteiger partial charge on any atom is -0.446 e. The number of nitrogens with zero attached hydrogens (tertiary/aromatic N) is 1. The van der Waals surface area contributed by atoms with Crippen LogP contribution in [-0.2, 0) is 9.53 Å². The van der Waals surface area contributed by atoms with E-state index >= 15 is 0 Å². The van der Waals surface area contributed by atoms with Gasteiger partial charge in [-0.05, 0) is 42.4 Å². The zero-order chi connectivity index (χ0) is 17.5. The molecule has 0 radical (unpaired) electrons. The van der Waals surface area contributed by atoms with Gasteiger partial charge in [0.1, 0.15) is 0 Å². The molecule has 130 valence electrons. The Morgan fingerprint density at radius 2 is 1.79 bits per heavy atom. The lowest BCUT2D eigenvalue weighted by molar-refractivity contribution is -0.117. The zero-order valence-electron chi connectivity index (χ0n) is 14.9. The molecule has 1 aliphatic rings. The molecule has 0 bridgehead atoms. The number of ether oxygens (including phenoxy) is 1. The average Bonchev–Trinajstić information content (AvgIpc) is 2.82. The van der Waals surface area contributed by atoms with E-state index in [9.17, 15) is 4.79 Å². The minimum absolute atomic E-state index is 0.0344. The average molecular weight is 346 g/mol. The van der Waals surface area contributed by atoms with Crippen LogP contribution in [0.25, 0.3) is 6.08 Å². The molecule has 24 heavy (non-hydrogen) atoms. The lowest BCUT2D eigenvalue weighted by Gasteiger charge is -2.11. The van der Waals surface area contributed by atoms with Gasteiger partial charge in [0.15, 0.2) is 10.8 Å². The summed E-state index contributed by atoms with van der Waals surface area (Å²) in [6.45, 7) is 2.20. The highest BCUT2D eigenvalue weighted by atomic mass is 32.1. The van der Waals surface area contributed by atoms with E-state index in [1.807, 2.05) is 43.3 Å². The van der Waals surface area contributed by atoms with E-state index in [1.165, 1.54) is 19.3 Å². The molecule has 0 N–H and O–H groups in total. The van der Waals surface area contributed by atoms with E-state index < -0.39 is 0 Å². The molecule has 1 aromatic carbocycles. The predicted molar refractivity (Wildman–Crippen MR) is 104 cm³/mol. The molecule has 1 aromatic rings. The summed E-state index contributed by atoms with van der Waals surface area (Å²) in [5.74, 6) is 0.178. The summed E-state index contributed by atoms with van der Waals surface area (Å²) in [6, 6.07) is 8.02. The molecule has 0 spiro atoms. The predicted octanol–water partition coefficient (Wildman–Crippen LogP) is 5.00. The standard InChI is InChI=1S/C20H27NO2S/c1-4-5-6-7-8-9-17-19(22)18(23-20(17)24)14-15-10-12-16(13-11-15)21(2)3/h10-14,17H,4-9H2,1-3H3/b18-14+. The lowest BCUT2D eigenvalue weighted by Crippen LogP contribution is -2.13. The summed E-state index contributed by atoms with van der Waals surface area (Å²) >= 11 is 5.28. The normalized spacial score (nSPS) is 19.0. The highest BCUT2D eigenvalue weighted by molar-refractivity contribution is 7.80. The molecule has 1 aliphatic heterocycles. The van der Waals surface area contributed by atoms with Crippen LogP contribution in [0.3, 0.4) is 0 Å². The van der Waals surface area contributed by atoms with Gasteiger partial charge in [0.25, 0.3) is 0 Å². The number of benzene rings is 1. The Labute approximate surface area is 150 Å². The summed E-state index contributed by atoms with van der Waals surface area (Å²) in [7, 11) is 4.00. The Morgan fingerprint density at radius 3 is 2.42 bits per heavy atom. The fourth-order valence-electron chi connectivity index (χ4n) is 2.83. The monoisotopic (exact) mass is 345 g/mol. The van der Waals surface area contributed by atoms with Gasteiger partial charge in [0, 0.05) is 19.8 Å². The van der Waals surface area contributed by atoms with E-state index in [4.69, 9.17) is 17.0 Å². The molecule has 0 amide bonds. The van der Waals surface area contributed by atoms with Crippen LogP contribution in [0.15, 0.2) is 30.0 Å². The van der Waals surface area contributed by atoms with Gasteiger partial charge in [-0.15, -0.1) is 0 Å². The molecule has 1 atom stereocenters. The Kier molecular flexibility index (Phi) is 6.98. The third-order valence-corrected chi connectivity index (χ3v) is 4.73. The molecule has 0 saturated carbocycles. The summed E-state index contributed by atoms with van der Waals surface area (Å²) in [5, 5.41) is 0.437. The fourth-order valence-corrected chi connectivity index (χ4v) is 3.14. The first-order valence-corrected chi connectivity index (χ1v) is 9.18. The fraction of sp³-hybridized carbons (Fsp3) is 0.500. The molecular formula is C20H27NO2S. The molecule has 0 aliphatic carbocycles. The number of thiocarbonyl (C=S) groups is 1. The molecule has 1 unspecified atom stereocenters. The van der Waals surface area contributed by atoms with Crippen molar-refractivity contribution in [1.82, 2.24) is 0 Å². The van der Waals surface area contributed by atoms with Crippen LogP contribution in [0.1, 0.15) is 51.0 Å². The molecule has 1 heterocycles. The number of carbonyl (C=O) groups is 1. The Balaban J connectivity index is 1.97. The second-order valence-electron chi connectivity index (χ2n) is 6.54. The van der Waals surface area contributed by atoms with Crippen molar-refractivity contribution < 1.29 is 9.53 Å². The third kappa shape index (κ3) is 4.91. The summed E-state index contributed by atoms with van der Waals surface area (Å²) in [6.07, 6.45) is 8.50. The van der Waals surface area contributed by atoms with Gasteiger partial charge < -0.3 is 9.64 Å². The maximum Gasteiger partial charge on any atom is 0.209 e. The number of anilines is 1. The van der Waals surface area contributed by atoms with Gasteiger partial charge >= 0.3 is 0 Å². The van der Waals surface area contributed by atoms with Crippen LogP contribution in [0.5, 0.6) is 0 Å². The molecule has 2 rings (SSSR count). The Hall–Kier alpha value is -1.68. The maximum atomic E-state index is 12.5. The highest BCUT2D eigenvalue weighted by Crippen LogP contribution is 2.28. The van der Waals surface area contributed by atoms with Gasteiger partial charge in [0.2, 0.25) is 5.78 Å². The molecule has 3 nitrogen and oxygen atoms in total. The smallest absolute Gasteiger partial charge is 0.209 e. The maximum absolute atomic E-state index is 12.5. The second-order valence-corrected chi connectivity index (χ2v) is 6.94. The number of hydrogen-bond donors (Lipinski definition) is 0. The first kappa shape index (κ1) is 18.7. The lowest BCUT2D eigenvalue weighted by atomic mass is 9.97. The van der Waals surface area contributed by atoms with Crippen molar-refractivity contribution in [3.63, 3.8) is 0 Å². The molecule has 1 saturated heterocycles. The van der Waals surface area contributed by atoms with Crippen LogP contribution in [0, 0.1) is 5.92 Å². The number of carbonyl (C=O) groups excluding carboxylic acids is 1. The van der Waals surface area contributed by atoms with E-state index in [1.54, 1.807) is 6.08 Å². The summed E-state index contributed by atoms with van der Waals surface area (Å²) in [5.41, 5.74) is 2.08. The van der Waals surface area contributed by atoms with Crippen molar-refractivity contribution in [2.45, 2.75) is 45.4 Å². The number of unbranched alkanes of at least 4 members (excludes halogenated alkanes) is 4. The van der Waals surface area contributed by atoms with Crippen LogP contribution >= 0.6 is 12.2 Å². The zero-order valence-corrected chi connectivity index (χ0v) is 15.7. The Bertz CT molecular complexity index is 605. The van der Waals surface area contributed by atoms with Crippen molar-refractivity contribution in [3.8, 4) is 0 Å².